The number of alkyl halides is 2. The molecule has 1 N–H and O–H groups in total. The number of halogens is 2. The molecule has 0 amide bonds. The van der Waals surface area contributed by atoms with Crippen LogP contribution in [0, 0.1) is 17.0 Å². The van der Waals surface area contributed by atoms with Crippen molar-refractivity contribution in [1.82, 2.24) is 5.32 Å². The van der Waals surface area contributed by atoms with E-state index in [0.29, 0.717) is 18.7 Å². The number of nitro benzene ring substituents is 1. The van der Waals surface area contributed by atoms with Crippen LogP contribution in [-0.2, 0) is 11.3 Å². The van der Waals surface area contributed by atoms with Crippen molar-refractivity contribution in [2.75, 3.05) is 19.8 Å². The second-order valence-electron chi connectivity index (χ2n) is 4.02. The van der Waals surface area contributed by atoms with Crippen LogP contribution in [0.4, 0.5) is 14.5 Å². The zero-order chi connectivity index (χ0) is 14.3. The molecule has 0 aliphatic heterocycles. The highest BCUT2D eigenvalue weighted by molar-refractivity contribution is 5.42. The third-order valence-electron chi connectivity index (χ3n) is 2.47. The Balaban J connectivity index is 2.34. The fraction of sp³-hybridized carbons (Fsp3) is 0.500. The van der Waals surface area contributed by atoms with Gasteiger partial charge in [-0.05, 0) is 12.5 Å². The Morgan fingerprint density at radius 3 is 2.84 bits per heavy atom. The molecule has 0 saturated carbocycles. The van der Waals surface area contributed by atoms with Crippen LogP contribution >= 0.6 is 0 Å². The maximum atomic E-state index is 11.8. The third-order valence-corrected chi connectivity index (χ3v) is 2.47. The monoisotopic (exact) mass is 274 g/mol. The summed E-state index contributed by atoms with van der Waals surface area (Å²) in [5.74, 6) is 0. The molecule has 0 unspecified atom stereocenters. The minimum absolute atomic E-state index is 0.0771. The zero-order valence-electron chi connectivity index (χ0n) is 10.6. The average Bonchev–Trinajstić information content (AvgIpc) is 2.34. The van der Waals surface area contributed by atoms with E-state index in [1.54, 1.807) is 19.1 Å². The van der Waals surface area contributed by atoms with Gasteiger partial charge in [0.1, 0.15) is 6.61 Å². The highest BCUT2D eigenvalue weighted by Crippen LogP contribution is 2.18. The van der Waals surface area contributed by atoms with E-state index >= 15 is 0 Å². The van der Waals surface area contributed by atoms with E-state index in [-0.39, 0.29) is 12.3 Å². The summed E-state index contributed by atoms with van der Waals surface area (Å²) in [4.78, 5) is 10.3. The lowest BCUT2D eigenvalue weighted by molar-refractivity contribution is -0.385. The number of nitrogens with one attached hydrogen (secondary N) is 1. The number of rotatable bonds is 8. The van der Waals surface area contributed by atoms with Crippen LogP contribution < -0.4 is 5.32 Å². The number of aryl methyl sites for hydroxylation is 1. The molecule has 0 atom stereocenters. The van der Waals surface area contributed by atoms with Crippen LogP contribution in [0.5, 0.6) is 0 Å². The molecule has 0 heterocycles. The number of nitrogens with zero attached hydrogens (tertiary/aromatic N) is 1. The number of nitro groups is 1. The maximum absolute atomic E-state index is 11.8. The number of ether oxygens (including phenoxy) is 1. The Morgan fingerprint density at radius 1 is 1.47 bits per heavy atom. The van der Waals surface area contributed by atoms with Crippen LogP contribution in [0.2, 0.25) is 0 Å². The Hall–Kier alpha value is -1.60. The molecule has 5 nitrogen and oxygen atoms in total. The summed E-state index contributed by atoms with van der Waals surface area (Å²) in [6, 6.07) is 4.97. The molecule has 0 aromatic heterocycles. The predicted molar refractivity (Wildman–Crippen MR) is 66.4 cm³/mol. The average molecular weight is 274 g/mol. The van der Waals surface area contributed by atoms with E-state index in [9.17, 15) is 18.9 Å². The van der Waals surface area contributed by atoms with Gasteiger partial charge in [-0.1, -0.05) is 12.1 Å². The molecule has 0 aliphatic carbocycles. The highest BCUT2D eigenvalue weighted by atomic mass is 19.3. The Kier molecular flexibility index (Phi) is 6.31. The molecule has 106 valence electrons. The zero-order valence-corrected chi connectivity index (χ0v) is 10.6. The number of benzene rings is 1. The van der Waals surface area contributed by atoms with E-state index in [1.165, 1.54) is 6.07 Å². The minimum Gasteiger partial charge on any atom is -0.374 e. The van der Waals surface area contributed by atoms with Crippen LogP contribution in [0.1, 0.15) is 11.1 Å². The van der Waals surface area contributed by atoms with Crippen molar-refractivity contribution in [2.45, 2.75) is 19.9 Å². The van der Waals surface area contributed by atoms with Crippen molar-refractivity contribution in [2.24, 2.45) is 0 Å². The van der Waals surface area contributed by atoms with Crippen LogP contribution in [0.3, 0.4) is 0 Å². The van der Waals surface area contributed by atoms with E-state index in [4.69, 9.17) is 4.74 Å². The molecule has 1 aromatic carbocycles. The molecular formula is C12H16F2N2O3. The number of hydrogen-bond donors (Lipinski definition) is 1. The molecule has 0 saturated heterocycles. The molecule has 1 rings (SSSR count). The topological polar surface area (TPSA) is 64.4 Å². The van der Waals surface area contributed by atoms with E-state index in [0.717, 1.165) is 5.56 Å². The highest BCUT2D eigenvalue weighted by Gasteiger charge is 2.10. The quantitative estimate of drug-likeness (QED) is 0.448. The van der Waals surface area contributed by atoms with Crippen LogP contribution in [-0.4, -0.2) is 31.1 Å². The lowest BCUT2D eigenvalue weighted by atomic mass is 10.1. The van der Waals surface area contributed by atoms with E-state index in [1.807, 2.05) is 0 Å². The summed E-state index contributed by atoms with van der Waals surface area (Å²) in [6.45, 7) is 2.12. The SMILES string of the molecule is Cc1ccc(CNCCOCC(F)F)cc1[N+](=O)[O-]. The van der Waals surface area contributed by atoms with Gasteiger partial charge in [-0.25, -0.2) is 8.78 Å². The van der Waals surface area contributed by atoms with E-state index < -0.39 is 18.0 Å². The fourth-order valence-electron chi connectivity index (χ4n) is 1.51. The normalized spacial score (nSPS) is 10.9. The summed E-state index contributed by atoms with van der Waals surface area (Å²) in [5.41, 5.74) is 1.45. The predicted octanol–water partition coefficient (Wildman–Crippen LogP) is 2.27. The fourth-order valence-corrected chi connectivity index (χ4v) is 1.51. The third kappa shape index (κ3) is 5.71. The lowest BCUT2D eigenvalue weighted by Gasteiger charge is -2.06. The number of hydrogen-bond acceptors (Lipinski definition) is 4. The van der Waals surface area contributed by atoms with Gasteiger partial charge in [0.15, 0.2) is 0 Å². The van der Waals surface area contributed by atoms with Gasteiger partial charge in [-0.2, -0.15) is 0 Å². The van der Waals surface area contributed by atoms with Gasteiger partial charge < -0.3 is 10.1 Å². The van der Waals surface area contributed by atoms with Crippen molar-refractivity contribution in [3.63, 3.8) is 0 Å². The van der Waals surface area contributed by atoms with Gasteiger partial charge in [-0.3, -0.25) is 10.1 Å². The Labute approximate surface area is 109 Å². The van der Waals surface area contributed by atoms with Crippen LogP contribution in [0.25, 0.3) is 0 Å². The maximum Gasteiger partial charge on any atom is 0.272 e. The minimum atomic E-state index is -2.46. The van der Waals surface area contributed by atoms with Gasteiger partial charge in [-0.15, -0.1) is 0 Å². The molecule has 0 aliphatic rings. The van der Waals surface area contributed by atoms with Gasteiger partial charge in [0.05, 0.1) is 11.5 Å². The second-order valence-corrected chi connectivity index (χ2v) is 4.02. The first kappa shape index (κ1) is 15.5. The first-order chi connectivity index (χ1) is 9.00. The summed E-state index contributed by atoms with van der Waals surface area (Å²) < 4.78 is 28.2. The van der Waals surface area contributed by atoms with Crippen molar-refractivity contribution in [3.8, 4) is 0 Å². The molecule has 19 heavy (non-hydrogen) atoms. The molecular weight excluding hydrogens is 258 g/mol. The second kappa shape index (κ2) is 7.75. The van der Waals surface area contributed by atoms with Crippen molar-refractivity contribution < 1.29 is 18.4 Å². The van der Waals surface area contributed by atoms with Gasteiger partial charge in [0.25, 0.3) is 12.1 Å². The lowest BCUT2D eigenvalue weighted by Crippen LogP contribution is -2.20. The smallest absolute Gasteiger partial charge is 0.272 e. The summed E-state index contributed by atoms with van der Waals surface area (Å²) >= 11 is 0. The first-order valence-electron chi connectivity index (χ1n) is 5.81. The van der Waals surface area contributed by atoms with E-state index in [2.05, 4.69) is 5.32 Å². The largest absolute Gasteiger partial charge is 0.374 e. The first-order valence-corrected chi connectivity index (χ1v) is 5.81. The van der Waals surface area contributed by atoms with Crippen molar-refractivity contribution in [1.29, 1.82) is 0 Å². The van der Waals surface area contributed by atoms with Gasteiger partial charge in [0.2, 0.25) is 0 Å². The summed E-state index contributed by atoms with van der Waals surface area (Å²) in [7, 11) is 0. The van der Waals surface area contributed by atoms with Crippen molar-refractivity contribution in [3.05, 3.63) is 39.4 Å². The van der Waals surface area contributed by atoms with Gasteiger partial charge in [0, 0.05) is 24.7 Å². The molecule has 1 aromatic rings. The van der Waals surface area contributed by atoms with Gasteiger partial charge >= 0.3 is 0 Å². The van der Waals surface area contributed by atoms with Crippen LogP contribution in [0.15, 0.2) is 18.2 Å². The molecule has 0 fully saturated rings. The van der Waals surface area contributed by atoms with Crippen molar-refractivity contribution >= 4 is 5.69 Å². The Bertz CT molecular complexity index is 427. The molecule has 0 bridgehead atoms. The molecule has 0 spiro atoms. The summed E-state index contributed by atoms with van der Waals surface area (Å²) in [6.07, 6.45) is -2.46. The molecule has 7 heteroatoms. The summed E-state index contributed by atoms with van der Waals surface area (Å²) in [5, 5.41) is 13.7. The Morgan fingerprint density at radius 2 is 2.21 bits per heavy atom. The standard InChI is InChI=1S/C12H16F2N2O3/c1-9-2-3-10(6-11(9)16(17)18)7-15-4-5-19-8-12(13)14/h2-3,6,12,15H,4-5,7-8H2,1H3. The molecule has 0 radical (unpaired) electrons.